The molecule has 1 aromatic carbocycles. The molecule has 0 amide bonds. The highest BCUT2D eigenvalue weighted by Gasteiger charge is 2.33. The summed E-state index contributed by atoms with van der Waals surface area (Å²) in [6.45, 7) is 1.77. The van der Waals surface area contributed by atoms with Crippen LogP contribution in [0.1, 0.15) is 49.7 Å². The molecule has 0 radical (unpaired) electrons. The van der Waals surface area contributed by atoms with Gasteiger partial charge in [0.15, 0.2) is 0 Å². The van der Waals surface area contributed by atoms with E-state index in [1.165, 1.54) is 44.6 Å². The first kappa shape index (κ1) is 14.9. The first-order valence-electron chi connectivity index (χ1n) is 7.97. The third-order valence-electron chi connectivity index (χ3n) is 5.06. The lowest BCUT2D eigenvalue weighted by Crippen LogP contribution is -2.46. The van der Waals surface area contributed by atoms with Crippen molar-refractivity contribution >= 4 is 17.2 Å². The zero-order chi connectivity index (χ0) is 14.8. The van der Waals surface area contributed by atoms with Crippen LogP contribution in [0.3, 0.4) is 0 Å². The molecule has 114 valence electrons. The van der Waals surface area contributed by atoms with Crippen molar-refractivity contribution in [2.45, 2.75) is 51.1 Å². The molecule has 2 atom stereocenters. The van der Waals surface area contributed by atoms with E-state index >= 15 is 0 Å². The molecular formula is C17H23FN2S. The van der Waals surface area contributed by atoms with Gasteiger partial charge in [-0.2, -0.15) is 0 Å². The van der Waals surface area contributed by atoms with Gasteiger partial charge in [0.2, 0.25) is 0 Å². The molecule has 2 aliphatic rings. The van der Waals surface area contributed by atoms with Crippen LogP contribution in [-0.4, -0.2) is 22.5 Å². The van der Waals surface area contributed by atoms with Gasteiger partial charge in [0.1, 0.15) is 10.8 Å². The summed E-state index contributed by atoms with van der Waals surface area (Å²) >= 11 is 5.00. The maximum Gasteiger partial charge on any atom is 0.127 e. The predicted octanol–water partition coefficient (Wildman–Crippen LogP) is 3.61. The third-order valence-corrected chi connectivity index (χ3v) is 5.30. The largest absolute Gasteiger partial charge is 0.389 e. The number of nitrogens with two attached hydrogens (primary N) is 1. The Labute approximate surface area is 131 Å². The molecule has 1 saturated carbocycles. The maximum absolute atomic E-state index is 14.1. The van der Waals surface area contributed by atoms with Crippen molar-refractivity contribution in [3.63, 3.8) is 0 Å². The van der Waals surface area contributed by atoms with Crippen molar-refractivity contribution in [1.29, 1.82) is 0 Å². The van der Waals surface area contributed by atoms with E-state index in [1.54, 1.807) is 6.07 Å². The first-order chi connectivity index (χ1) is 10.1. The van der Waals surface area contributed by atoms with E-state index < -0.39 is 0 Å². The van der Waals surface area contributed by atoms with Gasteiger partial charge in [-0.3, -0.25) is 4.90 Å². The molecule has 0 aromatic heterocycles. The van der Waals surface area contributed by atoms with E-state index in [0.29, 0.717) is 17.6 Å². The molecular weight excluding hydrogens is 283 g/mol. The molecule has 1 saturated heterocycles. The van der Waals surface area contributed by atoms with Crippen molar-refractivity contribution < 1.29 is 4.39 Å². The van der Waals surface area contributed by atoms with E-state index in [9.17, 15) is 4.39 Å². The average molecular weight is 306 g/mol. The number of thiocarbonyl (C=S) groups is 1. The van der Waals surface area contributed by atoms with Crippen LogP contribution in [0.15, 0.2) is 18.2 Å². The third kappa shape index (κ3) is 3.27. The van der Waals surface area contributed by atoms with Crippen LogP contribution in [0, 0.1) is 11.7 Å². The number of benzene rings is 1. The number of hydrogen-bond donors (Lipinski definition) is 1. The summed E-state index contributed by atoms with van der Waals surface area (Å²) in [4.78, 5) is 2.82. The van der Waals surface area contributed by atoms with E-state index in [4.69, 9.17) is 18.0 Å². The summed E-state index contributed by atoms with van der Waals surface area (Å²) in [5.41, 5.74) is 7.16. The summed E-state index contributed by atoms with van der Waals surface area (Å²) < 4.78 is 14.1. The number of piperidine rings is 1. The predicted molar refractivity (Wildman–Crippen MR) is 87.7 cm³/mol. The van der Waals surface area contributed by atoms with Crippen molar-refractivity contribution in [3.8, 4) is 0 Å². The summed E-state index contributed by atoms with van der Waals surface area (Å²) in [5.74, 6) is 0.669. The molecule has 2 unspecified atom stereocenters. The molecule has 21 heavy (non-hydrogen) atoms. The molecule has 0 spiro atoms. The van der Waals surface area contributed by atoms with E-state index in [1.807, 2.05) is 6.07 Å². The van der Waals surface area contributed by atoms with Gasteiger partial charge in [-0.25, -0.2) is 4.39 Å². The summed E-state index contributed by atoms with van der Waals surface area (Å²) in [7, 11) is 0. The monoisotopic (exact) mass is 306 g/mol. The van der Waals surface area contributed by atoms with Crippen LogP contribution >= 0.6 is 12.2 Å². The zero-order valence-corrected chi connectivity index (χ0v) is 13.2. The summed E-state index contributed by atoms with van der Waals surface area (Å²) in [6, 6.07) is 5.62. The fourth-order valence-electron chi connectivity index (χ4n) is 3.99. The van der Waals surface area contributed by atoms with Gasteiger partial charge in [-0.05, 0) is 56.3 Å². The van der Waals surface area contributed by atoms with Crippen LogP contribution in [0.5, 0.6) is 0 Å². The van der Waals surface area contributed by atoms with Crippen molar-refractivity contribution in [2.75, 3.05) is 6.54 Å². The number of hydrogen-bond acceptors (Lipinski definition) is 2. The highest BCUT2D eigenvalue weighted by molar-refractivity contribution is 7.80. The number of rotatable bonds is 3. The van der Waals surface area contributed by atoms with Crippen LogP contribution in [-0.2, 0) is 6.54 Å². The minimum atomic E-state index is -0.145. The standard InChI is InChI=1S/C17H23FN2S/c18-15-8-7-13(17(19)21)10-14(15)11-20-9-3-5-12-4-1-2-6-16(12)20/h7-8,10,12,16H,1-6,9,11H2,(H2,19,21). The van der Waals surface area contributed by atoms with E-state index in [2.05, 4.69) is 4.90 Å². The molecule has 1 aliphatic heterocycles. The van der Waals surface area contributed by atoms with E-state index in [0.717, 1.165) is 23.6 Å². The van der Waals surface area contributed by atoms with Crippen molar-refractivity contribution in [3.05, 3.63) is 35.1 Å². The van der Waals surface area contributed by atoms with Gasteiger partial charge < -0.3 is 5.73 Å². The quantitative estimate of drug-likeness (QED) is 0.865. The fraction of sp³-hybridized carbons (Fsp3) is 0.588. The van der Waals surface area contributed by atoms with Gasteiger partial charge >= 0.3 is 0 Å². The number of fused-ring (bicyclic) bond motifs is 1. The smallest absolute Gasteiger partial charge is 0.127 e. The molecule has 1 aliphatic carbocycles. The molecule has 4 heteroatoms. The highest BCUT2D eigenvalue weighted by Crippen LogP contribution is 2.36. The second-order valence-electron chi connectivity index (χ2n) is 6.40. The Kier molecular flexibility index (Phi) is 4.55. The number of nitrogens with zero attached hydrogens (tertiary/aromatic N) is 1. The average Bonchev–Trinajstić information content (AvgIpc) is 2.49. The molecule has 1 aromatic rings. The van der Waals surface area contributed by atoms with E-state index in [-0.39, 0.29) is 5.82 Å². The summed E-state index contributed by atoms with van der Waals surface area (Å²) in [6.07, 6.45) is 7.86. The normalized spacial score (nSPS) is 26.3. The molecule has 0 bridgehead atoms. The Morgan fingerprint density at radius 3 is 2.81 bits per heavy atom. The SMILES string of the molecule is NC(=S)c1ccc(F)c(CN2CCCC3CCCCC32)c1. The van der Waals surface area contributed by atoms with Crippen molar-refractivity contribution in [1.82, 2.24) is 4.90 Å². The fourth-order valence-corrected chi connectivity index (χ4v) is 4.12. The lowest BCUT2D eigenvalue weighted by Gasteiger charge is -2.44. The topological polar surface area (TPSA) is 29.3 Å². The Hall–Kier alpha value is -1.00. The van der Waals surface area contributed by atoms with Crippen LogP contribution in [0.25, 0.3) is 0 Å². The van der Waals surface area contributed by atoms with Gasteiger partial charge in [-0.15, -0.1) is 0 Å². The Morgan fingerprint density at radius 2 is 2.00 bits per heavy atom. The number of halogens is 1. The number of likely N-dealkylation sites (tertiary alicyclic amines) is 1. The van der Waals surface area contributed by atoms with Crippen LogP contribution in [0.4, 0.5) is 4.39 Å². The molecule has 1 heterocycles. The van der Waals surface area contributed by atoms with Crippen molar-refractivity contribution in [2.24, 2.45) is 11.7 Å². The Balaban J connectivity index is 1.78. The van der Waals surface area contributed by atoms with Crippen LogP contribution in [0.2, 0.25) is 0 Å². The Bertz CT molecular complexity index is 530. The molecule has 2 N–H and O–H groups in total. The second kappa shape index (κ2) is 6.41. The zero-order valence-electron chi connectivity index (χ0n) is 12.4. The van der Waals surface area contributed by atoms with Crippen LogP contribution < -0.4 is 5.73 Å². The van der Waals surface area contributed by atoms with Gasteiger partial charge in [0.25, 0.3) is 0 Å². The summed E-state index contributed by atoms with van der Waals surface area (Å²) in [5, 5.41) is 0. The lowest BCUT2D eigenvalue weighted by molar-refractivity contribution is 0.0539. The molecule has 3 rings (SSSR count). The van der Waals surface area contributed by atoms with Gasteiger partial charge in [0.05, 0.1) is 0 Å². The minimum Gasteiger partial charge on any atom is -0.389 e. The first-order valence-corrected chi connectivity index (χ1v) is 8.38. The minimum absolute atomic E-state index is 0.145. The lowest BCUT2D eigenvalue weighted by atomic mass is 9.78. The van der Waals surface area contributed by atoms with Gasteiger partial charge in [0, 0.05) is 23.7 Å². The molecule has 2 fully saturated rings. The maximum atomic E-state index is 14.1. The van der Waals surface area contributed by atoms with Gasteiger partial charge in [-0.1, -0.05) is 25.1 Å². The Morgan fingerprint density at radius 1 is 1.24 bits per heavy atom. The highest BCUT2D eigenvalue weighted by atomic mass is 32.1. The second-order valence-corrected chi connectivity index (χ2v) is 6.83. The molecule has 2 nitrogen and oxygen atoms in total.